The molecule has 5 rings (SSSR count). The molecule has 3 heterocycles. The standard InChI is InChI=1S/C33H34N2O9S/c1-5-8-14-41-22-11-9-20(17-24(22)40-7-3)27-26(28(36)21-10-12-23-25(18-21)43-16-15-42-23)29(37)31(38)35(27)33-34-19(4)30(45-33)32(39)44-13-6-2/h6,9-12,17-18,27,36H,2,5,7-8,13-16H2,1,3-4H3/b28-26-. The third kappa shape index (κ3) is 6.37. The van der Waals surface area contributed by atoms with E-state index in [2.05, 4.69) is 18.5 Å². The number of esters is 1. The van der Waals surface area contributed by atoms with Crippen LogP contribution in [0.2, 0.25) is 0 Å². The van der Waals surface area contributed by atoms with Gasteiger partial charge in [-0.05, 0) is 56.2 Å². The Balaban J connectivity index is 1.66. The molecule has 11 nitrogen and oxygen atoms in total. The van der Waals surface area contributed by atoms with E-state index >= 15 is 0 Å². The molecule has 1 saturated heterocycles. The van der Waals surface area contributed by atoms with Gasteiger partial charge in [0.25, 0.3) is 5.78 Å². The van der Waals surface area contributed by atoms with Crippen LogP contribution in [0.3, 0.4) is 0 Å². The Kier molecular flexibility index (Phi) is 9.72. The number of aryl methyl sites for hydroxylation is 1. The van der Waals surface area contributed by atoms with Crippen LogP contribution in [0.1, 0.15) is 59.2 Å². The maximum absolute atomic E-state index is 13.8. The molecule has 1 atom stereocenters. The third-order valence-electron chi connectivity index (χ3n) is 7.11. The number of fused-ring (bicyclic) bond motifs is 1. The predicted molar refractivity (Wildman–Crippen MR) is 168 cm³/mol. The summed E-state index contributed by atoms with van der Waals surface area (Å²) >= 11 is 0.915. The summed E-state index contributed by atoms with van der Waals surface area (Å²) in [6, 6.07) is 8.78. The first kappa shape index (κ1) is 31.6. The van der Waals surface area contributed by atoms with Crippen molar-refractivity contribution in [3.8, 4) is 23.0 Å². The summed E-state index contributed by atoms with van der Waals surface area (Å²) in [4.78, 5) is 46.1. The molecule has 1 unspecified atom stereocenters. The number of aliphatic hydroxyl groups is 1. The number of Topliss-reactive ketones (excluding diaryl/α,β-unsaturated/α-hetero) is 1. The second-order valence-electron chi connectivity index (χ2n) is 10.2. The van der Waals surface area contributed by atoms with E-state index in [1.54, 1.807) is 43.3 Å². The highest BCUT2D eigenvalue weighted by Crippen LogP contribution is 2.46. The van der Waals surface area contributed by atoms with Crippen LogP contribution in [0.4, 0.5) is 5.13 Å². The van der Waals surface area contributed by atoms with E-state index in [4.69, 9.17) is 23.7 Å². The summed E-state index contributed by atoms with van der Waals surface area (Å²) < 4.78 is 28.3. The van der Waals surface area contributed by atoms with Crippen LogP contribution >= 0.6 is 11.3 Å². The maximum atomic E-state index is 13.8. The number of aliphatic hydroxyl groups excluding tert-OH is 1. The number of aromatic nitrogens is 1. The van der Waals surface area contributed by atoms with Gasteiger partial charge < -0.3 is 28.8 Å². The molecular formula is C33H34N2O9S. The van der Waals surface area contributed by atoms with E-state index in [1.165, 1.54) is 11.0 Å². The Morgan fingerprint density at radius 1 is 1.11 bits per heavy atom. The van der Waals surface area contributed by atoms with E-state index in [-0.39, 0.29) is 27.8 Å². The monoisotopic (exact) mass is 634 g/mol. The topological polar surface area (TPSA) is 134 Å². The highest BCUT2D eigenvalue weighted by atomic mass is 32.1. The fraction of sp³-hybridized carbons (Fsp3) is 0.333. The van der Waals surface area contributed by atoms with Gasteiger partial charge in [-0.1, -0.05) is 43.4 Å². The smallest absolute Gasteiger partial charge is 0.350 e. The van der Waals surface area contributed by atoms with Crippen LogP contribution in [0.5, 0.6) is 23.0 Å². The number of amides is 1. The van der Waals surface area contributed by atoms with Crippen molar-refractivity contribution < 1.29 is 43.2 Å². The second kappa shape index (κ2) is 13.9. The Morgan fingerprint density at radius 3 is 2.62 bits per heavy atom. The molecule has 1 fully saturated rings. The first-order valence-electron chi connectivity index (χ1n) is 14.6. The van der Waals surface area contributed by atoms with E-state index in [9.17, 15) is 19.5 Å². The molecular weight excluding hydrogens is 600 g/mol. The van der Waals surface area contributed by atoms with Crippen molar-refractivity contribution in [2.45, 2.75) is 39.7 Å². The number of ether oxygens (including phenoxy) is 5. The molecule has 12 heteroatoms. The number of hydrogen-bond acceptors (Lipinski definition) is 11. The van der Waals surface area contributed by atoms with Crippen LogP contribution in [-0.2, 0) is 14.3 Å². The Bertz CT molecular complexity index is 1660. The first-order chi connectivity index (χ1) is 21.8. The van der Waals surface area contributed by atoms with Crippen LogP contribution < -0.4 is 23.8 Å². The minimum Gasteiger partial charge on any atom is -0.507 e. The number of nitrogens with zero attached hydrogens (tertiary/aromatic N) is 2. The Hall–Kier alpha value is -4.84. The number of thiazole rings is 1. The Labute approximate surface area is 264 Å². The number of hydrogen-bond donors (Lipinski definition) is 1. The number of rotatable bonds is 12. The molecule has 3 aromatic rings. The van der Waals surface area contributed by atoms with E-state index in [0.29, 0.717) is 60.7 Å². The fourth-order valence-electron chi connectivity index (χ4n) is 4.97. The zero-order chi connectivity index (χ0) is 32.1. The molecule has 2 aromatic carbocycles. The van der Waals surface area contributed by atoms with Crippen molar-refractivity contribution in [2.24, 2.45) is 0 Å². The largest absolute Gasteiger partial charge is 0.507 e. The molecule has 45 heavy (non-hydrogen) atoms. The molecule has 2 aliphatic heterocycles. The molecule has 0 saturated carbocycles. The van der Waals surface area contributed by atoms with Crippen molar-refractivity contribution >= 4 is 39.9 Å². The lowest BCUT2D eigenvalue weighted by Gasteiger charge is -2.24. The molecule has 1 aromatic heterocycles. The third-order valence-corrected chi connectivity index (χ3v) is 8.24. The van der Waals surface area contributed by atoms with Gasteiger partial charge in [-0.25, -0.2) is 9.78 Å². The van der Waals surface area contributed by atoms with E-state index in [0.717, 1.165) is 24.2 Å². The number of carbonyl (C=O) groups is 3. The lowest BCUT2D eigenvalue weighted by Crippen LogP contribution is -2.29. The zero-order valence-corrected chi connectivity index (χ0v) is 26.1. The van der Waals surface area contributed by atoms with Crippen LogP contribution in [0, 0.1) is 6.92 Å². The quantitative estimate of drug-likeness (QED) is 0.0654. The summed E-state index contributed by atoms with van der Waals surface area (Å²) in [6.07, 6.45) is 3.24. The first-order valence-corrected chi connectivity index (χ1v) is 15.5. The molecule has 236 valence electrons. The summed E-state index contributed by atoms with van der Waals surface area (Å²) in [6.45, 7) is 10.6. The van der Waals surface area contributed by atoms with Crippen molar-refractivity contribution in [1.82, 2.24) is 4.98 Å². The molecule has 2 aliphatic rings. The van der Waals surface area contributed by atoms with Gasteiger partial charge in [0.15, 0.2) is 28.1 Å². The van der Waals surface area contributed by atoms with E-state index < -0.39 is 29.5 Å². The molecule has 0 spiro atoms. The van der Waals surface area contributed by atoms with Gasteiger partial charge in [0.2, 0.25) is 0 Å². The van der Waals surface area contributed by atoms with Crippen molar-refractivity contribution in [3.63, 3.8) is 0 Å². The van der Waals surface area contributed by atoms with Gasteiger partial charge in [0.05, 0.1) is 30.5 Å². The van der Waals surface area contributed by atoms with Gasteiger partial charge in [-0.3, -0.25) is 14.5 Å². The molecule has 0 aliphatic carbocycles. The van der Waals surface area contributed by atoms with Gasteiger partial charge in [0.1, 0.15) is 30.5 Å². The molecule has 1 N–H and O–H groups in total. The number of carbonyl (C=O) groups excluding carboxylic acids is 3. The van der Waals surface area contributed by atoms with Crippen molar-refractivity contribution in [2.75, 3.05) is 37.9 Å². The normalized spacial score (nSPS) is 16.9. The lowest BCUT2D eigenvalue weighted by atomic mass is 9.95. The molecule has 0 bridgehead atoms. The number of benzene rings is 2. The number of unbranched alkanes of at least 4 members (excludes halogenated alkanes) is 1. The van der Waals surface area contributed by atoms with Crippen molar-refractivity contribution in [3.05, 3.63) is 76.3 Å². The SMILES string of the molecule is C=CCOC(=O)c1sc(N2C(=O)C(=O)/C(=C(\O)c3ccc4c(c3)OCCO4)C2c2ccc(OCCCC)c(OCC)c2)nc1C. The molecule has 1 amide bonds. The minimum atomic E-state index is -1.12. The second-order valence-corrected chi connectivity index (χ2v) is 11.1. The summed E-state index contributed by atoms with van der Waals surface area (Å²) in [5.74, 6) is -1.04. The van der Waals surface area contributed by atoms with Gasteiger partial charge in [0, 0.05) is 5.56 Å². The average molecular weight is 635 g/mol. The highest BCUT2D eigenvalue weighted by molar-refractivity contribution is 7.17. The summed E-state index contributed by atoms with van der Waals surface area (Å²) in [5.41, 5.74) is 0.882. The molecule has 0 radical (unpaired) electrons. The van der Waals surface area contributed by atoms with Crippen LogP contribution in [-0.4, -0.2) is 60.8 Å². The minimum absolute atomic E-state index is 0.00155. The van der Waals surface area contributed by atoms with Crippen LogP contribution in [0.15, 0.2) is 54.6 Å². The van der Waals surface area contributed by atoms with E-state index in [1.807, 2.05) is 6.92 Å². The number of ketones is 1. The average Bonchev–Trinajstić information content (AvgIpc) is 3.56. The van der Waals surface area contributed by atoms with Gasteiger partial charge >= 0.3 is 11.9 Å². The summed E-state index contributed by atoms with van der Waals surface area (Å²) in [5, 5.41) is 11.7. The summed E-state index contributed by atoms with van der Waals surface area (Å²) in [7, 11) is 0. The Morgan fingerprint density at radius 2 is 1.89 bits per heavy atom. The van der Waals surface area contributed by atoms with Gasteiger partial charge in [-0.15, -0.1) is 0 Å². The predicted octanol–water partition coefficient (Wildman–Crippen LogP) is 5.77. The van der Waals surface area contributed by atoms with Crippen LogP contribution in [0.25, 0.3) is 5.76 Å². The fourth-order valence-corrected chi connectivity index (χ4v) is 5.96. The van der Waals surface area contributed by atoms with Crippen molar-refractivity contribution in [1.29, 1.82) is 0 Å². The highest BCUT2D eigenvalue weighted by Gasteiger charge is 2.49. The zero-order valence-electron chi connectivity index (χ0n) is 25.3. The maximum Gasteiger partial charge on any atom is 0.350 e. The van der Waals surface area contributed by atoms with Gasteiger partial charge in [-0.2, -0.15) is 0 Å². The number of anilines is 1. The lowest BCUT2D eigenvalue weighted by molar-refractivity contribution is -0.132.